The molecule has 0 bridgehead atoms. The van der Waals surface area contributed by atoms with Crippen LogP contribution >= 0.6 is 11.8 Å². The molecule has 2 rings (SSSR count). The monoisotopic (exact) mass is 233 g/mol. The third kappa shape index (κ3) is 2.43. The number of nitrogens with zero attached hydrogens (tertiary/aromatic N) is 2. The molecule has 0 aliphatic rings. The summed E-state index contributed by atoms with van der Waals surface area (Å²) in [6, 6.07) is 7.73. The molecular formula is C11H11N3OS. The highest BCUT2D eigenvalue weighted by Crippen LogP contribution is 2.32. The van der Waals surface area contributed by atoms with E-state index in [0.717, 1.165) is 10.6 Å². The maximum atomic E-state index is 5.52. The van der Waals surface area contributed by atoms with Crippen LogP contribution in [0.3, 0.4) is 0 Å². The number of ether oxygens (including phenoxy) is 1. The average molecular weight is 233 g/mol. The minimum absolute atomic E-state index is 0.560. The van der Waals surface area contributed by atoms with E-state index >= 15 is 0 Å². The summed E-state index contributed by atoms with van der Waals surface area (Å²) in [6.07, 6.45) is 3.18. The van der Waals surface area contributed by atoms with Crippen LogP contribution in [0.1, 0.15) is 0 Å². The van der Waals surface area contributed by atoms with Crippen molar-refractivity contribution in [3.63, 3.8) is 0 Å². The quantitative estimate of drug-likeness (QED) is 0.824. The van der Waals surface area contributed by atoms with Crippen LogP contribution in [0.2, 0.25) is 0 Å². The van der Waals surface area contributed by atoms with Gasteiger partial charge < -0.3 is 10.5 Å². The lowest BCUT2D eigenvalue weighted by molar-refractivity contribution is 0.405. The first kappa shape index (κ1) is 10.8. The van der Waals surface area contributed by atoms with Crippen molar-refractivity contribution in [1.82, 2.24) is 9.97 Å². The van der Waals surface area contributed by atoms with Gasteiger partial charge in [-0.1, -0.05) is 12.1 Å². The lowest BCUT2D eigenvalue weighted by atomic mass is 10.3. The van der Waals surface area contributed by atoms with E-state index in [1.54, 1.807) is 19.5 Å². The van der Waals surface area contributed by atoms with Crippen molar-refractivity contribution in [2.24, 2.45) is 0 Å². The number of para-hydroxylation sites is 1. The standard InChI is InChI=1S/C11H11N3OS/c1-15-9-4-2-3-5-10(9)16-11-13-6-8(12)7-14-11/h2-7H,12H2,1H3. The molecule has 0 fully saturated rings. The Hall–Kier alpha value is -1.75. The van der Waals surface area contributed by atoms with Crippen molar-refractivity contribution in [3.8, 4) is 5.75 Å². The van der Waals surface area contributed by atoms with Crippen molar-refractivity contribution < 1.29 is 4.74 Å². The molecule has 2 aromatic rings. The molecule has 0 aliphatic heterocycles. The van der Waals surface area contributed by atoms with E-state index < -0.39 is 0 Å². The predicted octanol–water partition coefficient (Wildman–Crippen LogP) is 2.22. The number of anilines is 1. The zero-order chi connectivity index (χ0) is 11.4. The third-order valence-corrected chi connectivity index (χ3v) is 2.87. The lowest BCUT2D eigenvalue weighted by Gasteiger charge is -2.06. The highest BCUT2D eigenvalue weighted by Gasteiger charge is 2.05. The summed E-state index contributed by atoms with van der Waals surface area (Å²) in [6.45, 7) is 0. The van der Waals surface area contributed by atoms with E-state index in [-0.39, 0.29) is 0 Å². The Labute approximate surface area is 97.9 Å². The van der Waals surface area contributed by atoms with Crippen LogP contribution in [0, 0.1) is 0 Å². The van der Waals surface area contributed by atoms with Crippen molar-refractivity contribution >= 4 is 17.4 Å². The maximum absolute atomic E-state index is 5.52. The fraction of sp³-hybridized carbons (Fsp3) is 0.0909. The number of nitrogen functional groups attached to an aromatic ring is 1. The molecule has 16 heavy (non-hydrogen) atoms. The van der Waals surface area contributed by atoms with Gasteiger partial charge in [0.15, 0.2) is 5.16 Å². The fourth-order valence-electron chi connectivity index (χ4n) is 1.18. The lowest BCUT2D eigenvalue weighted by Crippen LogP contribution is -1.91. The molecule has 2 N–H and O–H groups in total. The van der Waals surface area contributed by atoms with Gasteiger partial charge in [0.2, 0.25) is 0 Å². The van der Waals surface area contributed by atoms with Crippen LogP contribution in [0.25, 0.3) is 0 Å². The van der Waals surface area contributed by atoms with Crippen LogP contribution < -0.4 is 10.5 Å². The minimum atomic E-state index is 0.560. The number of methoxy groups -OCH3 is 1. The molecule has 0 spiro atoms. The normalized spacial score (nSPS) is 10.1. The number of hydrogen-bond donors (Lipinski definition) is 1. The van der Waals surface area contributed by atoms with Gasteiger partial charge >= 0.3 is 0 Å². The van der Waals surface area contributed by atoms with Gasteiger partial charge in [-0.05, 0) is 23.9 Å². The summed E-state index contributed by atoms with van der Waals surface area (Å²) in [4.78, 5) is 9.22. The molecule has 0 amide bonds. The second-order valence-electron chi connectivity index (χ2n) is 3.05. The first-order chi connectivity index (χ1) is 7.79. The largest absolute Gasteiger partial charge is 0.496 e. The summed E-state index contributed by atoms with van der Waals surface area (Å²) in [5, 5.41) is 0.652. The van der Waals surface area contributed by atoms with Gasteiger partial charge in [-0.3, -0.25) is 0 Å². The Morgan fingerprint density at radius 2 is 1.88 bits per heavy atom. The van der Waals surface area contributed by atoms with Gasteiger partial charge in [-0.2, -0.15) is 0 Å². The molecule has 5 heteroatoms. The van der Waals surface area contributed by atoms with E-state index in [1.807, 2.05) is 24.3 Å². The Morgan fingerprint density at radius 1 is 1.19 bits per heavy atom. The molecule has 0 saturated heterocycles. The molecule has 1 aromatic carbocycles. The smallest absolute Gasteiger partial charge is 0.192 e. The number of rotatable bonds is 3. The number of benzene rings is 1. The van der Waals surface area contributed by atoms with Gasteiger partial charge in [-0.25, -0.2) is 9.97 Å². The van der Waals surface area contributed by atoms with Gasteiger partial charge in [0.25, 0.3) is 0 Å². The number of hydrogen-bond acceptors (Lipinski definition) is 5. The highest BCUT2D eigenvalue weighted by molar-refractivity contribution is 7.99. The Balaban J connectivity index is 2.23. The average Bonchev–Trinajstić information content (AvgIpc) is 2.33. The third-order valence-electron chi connectivity index (χ3n) is 1.92. The molecule has 82 valence electrons. The van der Waals surface area contributed by atoms with Gasteiger partial charge in [0.1, 0.15) is 5.75 Å². The summed E-state index contributed by atoms with van der Waals surface area (Å²) < 4.78 is 5.24. The Kier molecular flexibility index (Phi) is 3.26. The Bertz CT molecular complexity index is 473. The molecule has 0 unspecified atom stereocenters. The second-order valence-corrected chi connectivity index (χ2v) is 4.06. The van der Waals surface area contributed by atoms with Gasteiger partial charge in [-0.15, -0.1) is 0 Å². The molecule has 0 saturated carbocycles. The summed E-state index contributed by atoms with van der Waals surface area (Å²) in [5.41, 5.74) is 6.08. The first-order valence-electron chi connectivity index (χ1n) is 4.68. The molecule has 1 heterocycles. The van der Waals surface area contributed by atoms with Crippen molar-refractivity contribution in [2.75, 3.05) is 12.8 Å². The number of aromatic nitrogens is 2. The van der Waals surface area contributed by atoms with Gasteiger partial charge in [0.05, 0.1) is 30.1 Å². The summed E-state index contributed by atoms with van der Waals surface area (Å²) >= 11 is 1.44. The zero-order valence-electron chi connectivity index (χ0n) is 8.75. The van der Waals surface area contributed by atoms with E-state index in [4.69, 9.17) is 10.5 Å². The first-order valence-corrected chi connectivity index (χ1v) is 5.49. The van der Waals surface area contributed by atoms with Crippen LogP contribution in [0.5, 0.6) is 5.75 Å². The molecule has 0 aliphatic carbocycles. The second kappa shape index (κ2) is 4.85. The van der Waals surface area contributed by atoms with E-state index in [9.17, 15) is 0 Å². The molecule has 1 aromatic heterocycles. The van der Waals surface area contributed by atoms with E-state index in [1.165, 1.54) is 11.8 Å². The van der Waals surface area contributed by atoms with E-state index in [2.05, 4.69) is 9.97 Å². The molecular weight excluding hydrogens is 222 g/mol. The predicted molar refractivity (Wildman–Crippen MR) is 63.6 cm³/mol. The van der Waals surface area contributed by atoms with Crippen molar-refractivity contribution in [3.05, 3.63) is 36.7 Å². The molecule has 0 atom stereocenters. The van der Waals surface area contributed by atoms with Crippen LogP contribution in [0.4, 0.5) is 5.69 Å². The number of nitrogens with two attached hydrogens (primary N) is 1. The van der Waals surface area contributed by atoms with Crippen molar-refractivity contribution in [2.45, 2.75) is 10.1 Å². The molecule has 0 radical (unpaired) electrons. The fourth-order valence-corrected chi connectivity index (χ4v) is 1.99. The van der Waals surface area contributed by atoms with Gasteiger partial charge in [0, 0.05) is 0 Å². The van der Waals surface area contributed by atoms with Crippen LogP contribution in [0.15, 0.2) is 46.7 Å². The van der Waals surface area contributed by atoms with Crippen molar-refractivity contribution in [1.29, 1.82) is 0 Å². The Morgan fingerprint density at radius 3 is 2.56 bits per heavy atom. The highest BCUT2D eigenvalue weighted by atomic mass is 32.2. The summed E-state index contributed by atoms with van der Waals surface area (Å²) in [7, 11) is 1.64. The maximum Gasteiger partial charge on any atom is 0.192 e. The summed E-state index contributed by atoms with van der Waals surface area (Å²) in [5.74, 6) is 0.813. The van der Waals surface area contributed by atoms with Crippen LogP contribution in [-0.2, 0) is 0 Å². The topological polar surface area (TPSA) is 61.0 Å². The zero-order valence-corrected chi connectivity index (χ0v) is 9.57. The minimum Gasteiger partial charge on any atom is -0.496 e. The van der Waals surface area contributed by atoms with E-state index in [0.29, 0.717) is 10.8 Å². The molecule has 4 nitrogen and oxygen atoms in total. The SMILES string of the molecule is COc1ccccc1Sc1ncc(N)cn1. The van der Waals surface area contributed by atoms with Crippen LogP contribution in [-0.4, -0.2) is 17.1 Å².